The van der Waals surface area contributed by atoms with E-state index in [0.717, 1.165) is 5.59 Å². The molecular formula is C23H17BN2. The first-order chi connectivity index (χ1) is 12.9. The van der Waals surface area contributed by atoms with Gasteiger partial charge in [-0.15, -0.1) is 0 Å². The summed E-state index contributed by atoms with van der Waals surface area (Å²) in [5.74, 6) is 0. The van der Waals surface area contributed by atoms with Crippen molar-refractivity contribution in [3.05, 3.63) is 103 Å². The second-order valence-electron chi connectivity index (χ2n) is 6.47. The van der Waals surface area contributed by atoms with Gasteiger partial charge in [0.15, 0.2) is 0 Å². The van der Waals surface area contributed by atoms with Gasteiger partial charge in [0, 0.05) is 28.7 Å². The van der Waals surface area contributed by atoms with Crippen LogP contribution in [0.3, 0.4) is 0 Å². The van der Waals surface area contributed by atoms with Crippen LogP contribution in [0.5, 0.6) is 0 Å². The third-order valence-corrected chi connectivity index (χ3v) is 4.96. The third kappa shape index (κ3) is 2.32. The van der Waals surface area contributed by atoms with E-state index in [1.165, 1.54) is 28.0 Å². The predicted octanol–water partition coefficient (Wildman–Crippen LogP) is 4.01. The molecule has 1 aromatic heterocycles. The zero-order valence-corrected chi connectivity index (χ0v) is 14.3. The fraction of sp³-hybridized carbons (Fsp3) is 0. The van der Waals surface area contributed by atoms with Crippen molar-refractivity contribution in [1.29, 1.82) is 0 Å². The van der Waals surface area contributed by atoms with E-state index in [2.05, 4.69) is 95.8 Å². The number of nitrogens with zero attached hydrogens (tertiary/aromatic N) is 2. The Balaban J connectivity index is 1.83. The molecule has 3 heteroatoms. The van der Waals surface area contributed by atoms with Crippen LogP contribution in [0.25, 0.3) is 11.1 Å². The van der Waals surface area contributed by atoms with Gasteiger partial charge >= 0.3 is 6.85 Å². The second-order valence-corrected chi connectivity index (χ2v) is 6.47. The smallest absolute Gasteiger partial charge is 0.348 e. The minimum absolute atomic E-state index is 0.0460. The number of fused-ring (bicyclic) bond motifs is 3. The van der Waals surface area contributed by atoms with Crippen LogP contribution in [0.2, 0.25) is 0 Å². The van der Waals surface area contributed by atoms with Crippen LogP contribution in [0.15, 0.2) is 103 Å². The van der Waals surface area contributed by atoms with Gasteiger partial charge in [-0.3, -0.25) is 4.98 Å². The Kier molecular flexibility index (Phi) is 3.57. The van der Waals surface area contributed by atoms with E-state index in [4.69, 9.17) is 4.98 Å². The number of aromatic nitrogens is 1. The van der Waals surface area contributed by atoms with Crippen molar-refractivity contribution in [2.24, 2.45) is 0 Å². The van der Waals surface area contributed by atoms with Gasteiger partial charge in [-0.2, -0.15) is 0 Å². The van der Waals surface area contributed by atoms with Crippen LogP contribution < -0.4 is 15.9 Å². The zero-order valence-electron chi connectivity index (χ0n) is 14.3. The number of anilines is 2. The van der Waals surface area contributed by atoms with E-state index in [0.29, 0.717) is 0 Å². The maximum atomic E-state index is 4.81. The summed E-state index contributed by atoms with van der Waals surface area (Å²) in [4.78, 5) is 7.21. The Morgan fingerprint density at radius 1 is 0.615 bits per heavy atom. The minimum Gasteiger partial charge on any atom is -0.375 e. The van der Waals surface area contributed by atoms with Crippen LogP contribution in [-0.4, -0.2) is 11.8 Å². The number of hydrogen-bond donors (Lipinski definition) is 0. The summed E-state index contributed by atoms with van der Waals surface area (Å²) in [6, 6.07) is 34.0. The highest BCUT2D eigenvalue weighted by Crippen LogP contribution is 2.38. The van der Waals surface area contributed by atoms with E-state index in [-0.39, 0.29) is 6.85 Å². The number of hydrogen-bond acceptors (Lipinski definition) is 2. The molecule has 0 bridgehead atoms. The lowest BCUT2D eigenvalue weighted by atomic mass is 9.48. The molecule has 0 saturated heterocycles. The van der Waals surface area contributed by atoms with Crippen LogP contribution in [0.1, 0.15) is 0 Å². The van der Waals surface area contributed by atoms with Gasteiger partial charge in [0.25, 0.3) is 0 Å². The first kappa shape index (κ1) is 15.0. The summed E-state index contributed by atoms with van der Waals surface area (Å²) in [5, 5.41) is 0. The van der Waals surface area contributed by atoms with Crippen LogP contribution in [0.4, 0.5) is 11.4 Å². The van der Waals surface area contributed by atoms with Gasteiger partial charge in [0.2, 0.25) is 0 Å². The van der Waals surface area contributed by atoms with Gasteiger partial charge in [0.05, 0.1) is 0 Å². The number of rotatable bonds is 2. The summed E-state index contributed by atoms with van der Waals surface area (Å²) in [7, 11) is 0. The standard InChI is InChI=1S/C23H17BN2/c1-3-10-18(11-4-1)24-23-21(15-9-17-25-23)20-14-7-8-16-22(20)26(24)19-12-5-2-6-13-19/h1-17H. The predicted molar refractivity (Wildman–Crippen MR) is 110 cm³/mol. The molecule has 2 heterocycles. The molecule has 2 nitrogen and oxygen atoms in total. The van der Waals surface area contributed by atoms with Crippen LogP contribution >= 0.6 is 0 Å². The SMILES string of the molecule is c1ccc(B2c3ncccc3-c3ccccc3N2c2ccccc2)cc1. The normalized spacial score (nSPS) is 12.5. The summed E-state index contributed by atoms with van der Waals surface area (Å²) in [6.07, 6.45) is 1.89. The zero-order chi connectivity index (χ0) is 17.3. The fourth-order valence-electron chi connectivity index (χ4n) is 3.86. The second kappa shape index (κ2) is 6.19. The Morgan fingerprint density at radius 3 is 2.08 bits per heavy atom. The van der Waals surface area contributed by atoms with Gasteiger partial charge in [0.1, 0.15) is 0 Å². The van der Waals surface area contributed by atoms with E-state index >= 15 is 0 Å². The largest absolute Gasteiger partial charge is 0.375 e. The lowest BCUT2D eigenvalue weighted by Crippen LogP contribution is -2.58. The molecule has 0 spiro atoms. The maximum Gasteiger partial charge on any atom is 0.348 e. The molecule has 0 fully saturated rings. The average Bonchev–Trinajstić information content (AvgIpc) is 2.74. The molecule has 0 atom stereocenters. The molecule has 0 amide bonds. The molecule has 26 heavy (non-hydrogen) atoms. The molecule has 0 saturated carbocycles. The van der Waals surface area contributed by atoms with E-state index in [1.807, 2.05) is 12.3 Å². The monoisotopic (exact) mass is 332 g/mol. The van der Waals surface area contributed by atoms with Gasteiger partial charge < -0.3 is 4.81 Å². The fourth-order valence-corrected chi connectivity index (χ4v) is 3.86. The van der Waals surface area contributed by atoms with Crippen molar-refractivity contribution in [3.63, 3.8) is 0 Å². The molecule has 1 aliphatic heterocycles. The lowest BCUT2D eigenvalue weighted by molar-refractivity contribution is 1.31. The Labute approximate surface area is 153 Å². The van der Waals surface area contributed by atoms with Crippen LogP contribution in [-0.2, 0) is 0 Å². The molecular weight excluding hydrogens is 315 g/mol. The summed E-state index contributed by atoms with van der Waals surface area (Å²) < 4.78 is 0. The third-order valence-electron chi connectivity index (χ3n) is 4.96. The number of benzene rings is 3. The molecule has 5 rings (SSSR count). The summed E-state index contributed by atoms with van der Waals surface area (Å²) >= 11 is 0. The van der Waals surface area contributed by atoms with Crippen molar-refractivity contribution < 1.29 is 0 Å². The van der Waals surface area contributed by atoms with Gasteiger partial charge in [-0.05, 0) is 35.3 Å². The quantitative estimate of drug-likeness (QED) is 0.516. The lowest BCUT2D eigenvalue weighted by Gasteiger charge is -2.38. The summed E-state index contributed by atoms with van der Waals surface area (Å²) in [6.45, 7) is 0.0460. The molecule has 1 aliphatic rings. The molecule has 0 N–H and O–H groups in total. The van der Waals surface area contributed by atoms with Crippen molar-refractivity contribution in [3.8, 4) is 11.1 Å². The highest BCUT2D eigenvalue weighted by atomic mass is 15.1. The van der Waals surface area contributed by atoms with Crippen molar-refractivity contribution in [1.82, 2.24) is 4.98 Å². The first-order valence-electron chi connectivity index (χ1n) is 8.87. The van der Waals surface area contributed by atoms with Gasteiger partial charge in [-0.1, -0.05) is 72.8 Å². The highest BCUT2D eigenvalue weighted by Gasteiger charge is 2.37. The Morgan fingerprint density at radius 2 is 1.27 bits per heavy atom. The van der Waals surface area contributed by atoms with E-state index in [9.17, 15) is 0 Å². The molecule has 0 unspecified atom stereocenters. The Hall–Kier alpha value is -3.33. The van der Waals surface area contributed by atoms with Crippen LogP contribution in [0, 0.1) is 0 Å². The van der Waals surface area contributed by atoms with E-state index in [1.54, 1.807) is 0 Å². The average molecular weight is 332 g/mol. The first-order valence-corrected chi connectivity index (χ1v) is 8.87. The molecule has 122 valence electrons. The maximum absolute atomic E-state index is 4.81. The van der Waals surface area contributed by atoms with Crippen molar-refractivity contribution in [2.75, 3.05) is 4.81 Å². The topological polar surface area (TPSA) is 16.1 Å². The number of pyridine rings is 1. The van der Waals surface area contributed by atoms with Crippen molar-refractivity contribution in [2.45, 2.75) is 0 Å². The van der Waals surface area contributed by atoms with Gasteiger partial charge in [-0.25, -0.2) is 0 Å². The molecule has 3 aromatic carbocycles. The Bertz CT molecular complexity index is 961. The highest BCUT2D eigenvalue weighted by molar-refractivity contribution is 6.90. The van der Waals surface area contributed by atoms with Crippen molar-refractivity contribution >= 4 is 29.3 Å². The van der Waals surface area contributed by atoms with E-state index < -0.39 is 0 Å². The molecule has 0 aliphatic carbocycles. The molecule has 4 aromatic rings. The minimum atomic E-state index is 0.0460. The summed E-state index contributed by atoms with van der Waals surface area (Å²) in [5.41, 5.74) is 7.17. The molecule has 0 radical (unpaired) electrons. The number of para-hydroxylation sites is 2.